The van der Waals surface area contributed by atoms with Crippen LogP contribution < -0.4 is 20.7 Å². The van der Waals surface area contributed by atoms with Gasteiger partial charge in [-0.2, -0.15) is 5.10 Å². The molecule has 1 unspecified atom stereocenters. The molecule has 2 aromatic rings. The van der Waals surface area contributed by atoms with Gasteiger partial charge >= 0.3 is 0 Å². The van der Waals surface area contributed by atoms with E-state index in [9.17, 15) is 9.59 Å². The molecule has 30 heavy (non-hydrogen) atoms. The van der Waals surface area contributed by atoms with Gasteiger partial charge in [0.15, 0.2) is 5.69 Å². The SMILES string of the molecule is CCOc1ccc(C(C)NC(=O)CCCNC(=O)c2n[nH]c3c2CNCC3)cc1.Cl. The standard InChI is InChI=1S/C21H29N5O3.ClH/c1-3-29-16-8-6-15(7-9-16)14(2)24-19(27)5-4-11-23-21(28)20-17-13-22-12-10-18(17)25-26-20;/h6-9,14,22H,3-5,10-13H2,1-2H3,(H,23,28)(H,24,27)(H,25,26);1H. The molecule has 0 radical (unpaired) electrons. The summed E-state index contributed by atoms with van der Waals surface area (Å²) in [5.41, 5.74) is 3.43. The van der Waals surface area contributed by atoms with E-state index in [1.807, 2.05) is 38.1 Å². The molecule has 0 saturated carbocycles. The van der Waals surface area contributed by atoms with Crippen LogP contribution in [0.15, 0.2) is 24.3 Å². The monoisotopic (exact) mass is 435 g/mol. The fourth-order valence-corrected chi connectivity index (χ4v) is 3.36. The van der Waals surface area contributed by atoms with Crippen LogP contribution in [0.1, 0.15) is 60.0 Å². The zero-order chi connectivity index (χ0) is 20.6. The minimum absolute atomic E-state index is 0. The maximum Gasteiger partial charge on any atom is 0.272 e. The van der Waals surface area contributed by atoms with Crippen LogP contribution in [-0.4, -0.2) is 41.7 Å². The van der Waals surface area contributed by atoms with E-state index >= 15 is 0 Å². The first-order chi connectivity index (χ1) is 14.1. The van der Waals surface area contributed by atoms with Gasteiger partial charge in [0.1, 0.15) is 5.75 Å². The summed E-state index contributed by atoms with van der Waals surface area (Å²) in [7, 11) is 0. The Morgan fingerprint density at radius 1 is 1.27 bits per heavy atom. The molecule has 2 amide bonds. The number of carbonyl (C=O) groups excluding carboxylic acids is 2. The van der Waals surface area contributed by atoms with Crippen LogP contribution in [0.5, 0.6) is 5.75 Å². The summed E-state index contributed by atoms with van der Waals surface area (Å²) in [6, 6.07) is 7.63. The van der Waals surface area contributed by atoms with E-state index in [0.29, 0.717) is 38.2 Å². The smallest absolute Gasteiger partial charge is 0.272 e. The molecule has 0 aliphatic carbocycles. The number of benzene rings is 1. The predicted molar refractivity (Wildman–Crippen MR) is 117 cm³/mol. The number of H-pyrrole nitrogens is 1. The Morgan fingerprint density at radius 2 is 2.03 bits per heavy atom. The lowest BCUT2D eigenvalue weighted by molar-refractivity contribution is -0.121. The number of carbonyl (C=O) groups is 2. The lowest BCUT2D eigenvalue weighted by atomic mass is 10.1. The number of aromatic nitrogens is 2. The van der Waals surface area contributed by atoms with Crippen molar-refractivity contribution < 1.29 is 14.3 Å². The van der Waals surface area contributed by atoms with Gasteiger partial charge < -0.3 is 20.7 Å². The highest BCUT2D eigenvalue weighted by molar-refractivity contribution is 5.94. The summed E-state index contributed by atoms with van der Waals surface area (Å²) in [4.78, 5) is 24.5. The zero-order valence-corrected chi connectivity index (χ0v) is 18.2. The molecule has 9 heteroatoms. The molecule has 1 aliphatic heterocycles. The maximum absolute atomic E-state index is 12.3. The number of nitrogens with one attached hydrogen (secondary N) is 4. The third kappa shape index (κ3) is 6.21. The van der Waals surface area contributed by atoms with Crippen LogP contribution in [0.2, 0.25) is 0 Å². The number of hydrogen-bond donors (Lipinski definition) is 4. The Hall–Kier alpha value is -2.58. The summed E-state index contributed by atoms with van der Waals surface area (Å²) in [6.07, 6.45) is 1.77. The average Bonchev–Trinajstić information content (AvgIpc) is 3.16. The normalized spacial score (nSPS) is 13.5. The van der Waals surface area contributed by atoms with Crippen molar-refractivity contribution in [3.8, 4) is 5.75 Å². The van der Waals surface area contributed by atoms with Gasteiger partial charge in [0.25, 0.3) is 5.91 Å². The van der Waals surface area contributed by atoms with Crippen LogP contribution in [0.4, 0.5) is 0 Å². The summed E-state index contributed by atoms with van der Waals surface area (Å²) in [5.74, 6) is 0.579. The van der Waals surface area contributed by atoms with Crippen LogP contribution in [0, 0.1) is 0 Å². The maximum atomic E-state index is 12.3. The van der Waals surface area contributed by atoms with Crippen LogP contribution in [0.3, 0.4) is 0 Å². The van der Waals surface area contributed by atoms with Crippen molar-refractivity contribution in [2.24, 2.45) is 0 Å². The minimum atomic E-state index is -0.200. The number of hydrogen-bond acceptors (Lipinski definition) is 5. The summed E-state index contributed by atoms with van der Waals surface area (Å²) in [5, 5.41) is 16.2. The van der Waals surface area contributed by atoms with Crippen molar-refractivity contribution >= 4 is 24.2 Å². The Balaban J connectivity index is 0.00000320. The van der Waals surface area contributed by atoms with Crippen molar-refractivity contribution in [3.05, 3.63) is 46.8 Å². The molecule has 1 aliphatic rings. The van der Waals surface area contributed by atoms with E-state index in [1.54, 1.807) is 0 Å². The van der Waals surface area contributed by atoms with Crippen molar-refractivity contribution in [1.82, 2.24) is 26.1 Å². The van der Waals surface area contributed by atoms with Crippen molar-refractivity contribution in [2.45, 2.75) is 45.7 Å². The molecule has 0 bridgehead atoms. The lowest BCUT2D eigenvalue weighted by Gasteiger charge is -2.15. The summed E-state index contributed by atoms with van der Waals surface area (Å²) < 4.78 is 5.43. The van der Waals surface area contributed by atoms with Gasteiger partial charge in [0.2, 0.25) is 5.91 Å². The molecular formula is C21H30ClN5O3. The van der Waals surface area contributed by atoms with Crippen molar-refractivity contribution in [2.75, 3.05) is 19.7 Å². The first-order valence-electron chi connectivity index (χ1n) is 10.2. The van der Waals surface area contributed by atoms with Gasteiger partial charge in [-0.3, -0.25) is 14.7 Å². The minimum Gasteiger partial charge on any atom is -0.494 e. The molecule has 164 valence electrons. The molecule has 2 heterocycles. The number of ether oxygens (including phenoxy) is 1. The number of fused-ring (bicyclic) bond motifs is 1. The topological polar surface area (TPSA) is 108 Å². The summed E-state index contributed by atoms with van der Waals surface area (Å²) in [6.45, 7) is 6.49. The molecule has 0 spiro atoms. The highest BCUT2D eigenvalue weighted by atomic mass is 35.5. The molecule has 4 N–H and O–H groups in total. The summed E-state index contributed by atoms with van der Waals surface area (Å²) >= 11 is 0. The van der Waals surface area contributed by atoms with Gasteiger partial charge in [-0.25, -0.2) is 0 Å². The molecule has 1 aromatic heterocycles. The molecule has 3 rings (SSSR count). The fourth-order valence-electron chi connectivity index (χ4n) is 3.36. The Labute approximate surface area is 182 Å². The number of amides is 2. The lowest BCUT2D eigenvalue weighted by Crippen LogP contribution is -2.30. The molecule has 0 fully saturated rings. The largest absolute Gasteiger partial charge is 0.494 e. The van der Waals surface area contributed by atoms with Gasteiger partial charge in [-0.05, 0) is 38.0 Å². The van der Waals surface area contributed by atoms with Crippen LogP contribution >= 0.6 is 12.4 Å². The van der Waals surface area contributed by atoms with Crippen molar-refractivity contribution in [3.63, 3.8) is 0 Å². The predicted octanol–water partition coefficient (Wildman–Crippen LogP) is 2.26. The second kappa shape index (κ2) is 11.6. The van der Waals surface area contributed by atoms with Gasteiger partial charge in [0.05, 0.1) is 12.6 Å². The van der Waals surface area contributed by atoms with E-state index in [1.165, 1.54) is 0 Å². The molecule has 0 saturated heterocycles. The second-order valence-corrected chi connectivity index (χ2v) is 7.11. The van der Waals surface area contributed by atoms with Crippen LogP contribution in [0.25, 0.3) is 0 Å². The van der Waals surface area contributed by atoms with E-state index in [0.717, 1.165) is 35.5 Å². The van der Waals surface area contributed by atoms with Gasteiger partial charge in [0, 0.05) is 43.7 Å². The van der Waals surface area contributed by atoms with E-state index in [4.69, 9.17) is 4.74 Å². The van der Waals surface area contributed by atoms with E-state index in [2.05, 4.69) is 26.1 Å². The first-order valence-corrected chi connectivity index (χ1v) is 10.2. The third-order valence-corrected chi connectivity index (χ3v) is 4.96. The number of aromatic amines is 1. The Kier molecular flexibility index (Phi) is 9.14. The zero-order valence-electron chi connectivity index (χ0n) is 17.4. The second-order valence-electron chi connectivity index (χ2n) is 7.11. The Morgan fingerprint density at radius 3 is 2.77 bits per heavy atom. The number of halogens is 1. The average molecular weight is 436 g/mol. The molecule has 1 aromatic carbocycles. The fraction of sp³-hybridized carbons (Fsp3) is 0.476. The number of rotatable bonds is 9. The Bertz CT molecular complexity index is 838. The third-order valence-electron chi connectivity index (χ3n) is 4.96. The first kappa shape index (κ1) is 23.7. The van der Waals surface area contributed by atoms with Crippen molar-refractivity contribution in [1.29, 1.82) is 0 Å². The molecule has 1 atom stereocenters. The highest BCUT2D eigenvalue weighted by Gasteiger charge is 2.21. The highest BCUT2D eigenvalue weighted by Crippen LogP contribution is 2.18. The van der Waals surface area contributed by atoms with E-state index < -0.39 is 0 Å². The molecular weight excluding hydrogens is 406 g/mol. The molecule has 8 nitrogen and oxygen atoms in total. The van der Waals surface area contributed by atoms with E-state index in [-0.39, 0.29) is 30.3 Å². The quantitative estimate of drug-likeness (QED) is 0.452. The van der Waals surface area contributed by atoms with Gasteiger partial charge in [-0.15, -0.1) is 12.4 Å². The van der Waals surface area contributed by atoms with Gasteiger partial charge in [-0.1, -0.05) is 12.1 Å². The van der Waals surface area contributed by atoms with Crippen LogP contribution in [-0.2, 0) is 17.8 Å². The number of nitrogens with zero attached hydrogens (tertiary/aromatic N) is 1.